The van der Waals surface area contributed by atoms with Gasteiger partial charge in [0.05, 0.1) is 66.7 Å². The van der Waals surface area contributed by atoms with Crippen molar-refractivity contribution in [1.82, 2.24) is 19.7 Å². The largest absolute Gasteiger partial charge is 0.496 e. The molecular formula is C37H38Cl2N6O5. The molecule has 1 unspecified atom stereocenters. The average Bonchev–Trinajstić information content (AvgIpc) is 3.66. The number of amides is 1. The molecule has 5 heterocycles. The molecule has 1 amide bonds. The Morgan fingerprint density at radius 1 is 1.00 bits per heavy atom. The number of halogens is 2. The van der Waals surface area contributed by atoms with E-state index in [0.29, 0.717) is 61.4 Å². The van der Waals surface area contributed by atoms with E-state index in [1.807, 2.05) is 34.9 Å². The number of hydrogen-bond acceptors (Lipinski definition) is 9. The van der Waals surface area contributed by atoms with Crippen LogP contribution < -0.4 is 29.7 Å². The molecule has 2 fully saturated rings. The first-order valence-electron chi connectivity index (χ1n) is 16.4. The van der Waals surface area contributed by atoms with E-state index in [-0.39, 0.29) is 12.0 Å². The van der Waals surface area contributed by atoms with Gasteiger partial charge in [-0.25, -0.2) is 4.98 Å². The minimum atomic E-state index is -0.301. The van der Waals surface area contributed by atoms with Gasteiger partial charge in [0.25, 0.3) is 0 Å². The van der Waals surface area contributed by atoms with Gasteiger partial charge >= 0.3 is 0 Å². The van der Waals surface area contributed by atoms with Gasteiger partial charge in [-0.05, 0) is 43.0 Å². The van der Waals surface area contributed by atoms with E-state index < -0.39 is 0 Å². The molecule has 7 rings (SSSR count). The summed E-state index contributed by atoms with van der Waals surface area (Å²) in [5.41, 5.74) is 5.61. The highest BCUT2D eigenvalue weighted by molar-refractivity contribution is 6.41. The number of ether oxygens (including phenoxy) is 4. The van der Waals surface area contributed by atoms with Crippen molar-refractivity contribution >= 4 is 57.0 Å². The molecule has 2 aliphatic heterocycles. The van der Waals surface area contributed by atoms with E-state index in [9.17, 15) is 4.79 Å². The van der Waals surface area contributed by atoms with Crippen molar-refractivity contribution in [2.24, 2.45) is 5.92 Å². The van der Waals surface area contributed by atoms with Gasteiger partial charge in [-0.15, -0.1) is 0 Å². The predicted molar refractivity (Wildman–Crippen MR) is 197 cm³/mol. The number of fused-ring (bicyclic) bond motifs is 3. The molecule has 2 aliphatic rings. The average molecular weight is 718 g/mol. The normalized spacial score (nSPS) is 16.8. The third-order valence-corrected chi connectivity index (χ3v) is 10.3. The molecule has 0 radical (unpaired) electrons. The number of carbonyl (C=O) groups is 1. The number of nitrogens with zero attached hydrogens (tertiary/aromatic N) is 4. The van der Waals surface area contributed by atoms with Crippen LogP contribution in [-0.4, -0.2) is 80.5 Å². The van der Waals surface area contributed by atoms with Gasteiger partial charge in [0.2, 0.25) is 5.91 Å². The Hall–Kier alpha value is -4.55. The number of rotatable bonds is 9. The zero-order valence-electron chi connectivity index (χ0n) is 28.1. The summed E-state index contributed by atoms with van der Waals surface area (Å²) in [7, 11) is 4.72. The number of carbonyl (C=O) groups excluding carboxylic acids is 1. The van der Waals surface area contributed by atoms with Gasteiger partial charge in [0.15, 0.2) is 0 Å². The highest BCUT2D eigenvalue weighted by atomic mass is 35.5. The van der Waals surface area contributed by atoms with Crippen LogP contribution >= 0.6 is 23.2 Å². The fourth-order valence-electron chi connectivity index (χ4n) is 7.03. The molecule has 2 N–H and O–H groups in total. The van der Waals surface area contributed by atoms with Gasteiger partial charge in [0.1, 0.15) is 22.9 Å². The van der Waals surface area contributed by atoms with Gasteiger partial charge < -0.3 is 34.5 Å². The van der Waals surface area contributed by atoms with Crippen molar-refractivity contribution in [2.75, 3.05) is 64.3 Å². The predicted octanol–water partition coefficient (Wildman–Crippen LogP) is 6.88. The molecule has 0 saturated carbocycles. The number of aromatic nitrogens is 3. The molecule has 260 valence electrons. The minimum absolute atomic E-state index is 0.229. The maximum absolute atomic E-state index is 12.7. The summed E-state index contributed by atoms with van der Waals surface area (Å²) < 4.78 is 25.0. The number of methoxy groups -OCH3 is 3. The number of benzene rings is 2. The number of pyridine rings is 2. The van der Waals surface area contributed by atoms with Crippen molar-refractivity contribution in [1.29, 1.82) is 0 Å². The van der Waals surface area contributed by atoms with Crippen LogP contribution in [0, 0.1) is 5.92 Å². The topological polar surface area (TPSA) is 111 Å². The highest BCUT2D eigenvalue weighted by Crippen LogP contribution is 2.48. The van der Waals surface area contributed by atoms with Crippen LogP contribution in [0.1, 0.15) is 12.8 Å². The van der Waals surface area contributed by atoms with Crippen molar-refractivity contribution in [3.63, 3.8) is 0 Å². The van der Waals surface area contributed by atoms with Gasteiger partial charge in [-0.3, -0.25) is 14.2 Å². The molecule has 2 aromatic carbocycles. The van der Waals surface area contributed by atoms with Gasteiger partial charge in [-0.1, -0.05) is 29.8 Å². The van der Waals surface area contributed by atoms with E-state index in [1.165, 1.54) is 20.3 Å². The molecule has 0 aliphatic carbocycles. The summed E-state index contributed by atoms with van der Waals surface area (Å²) in [4.78, 5) is 24.5. The second-order valence-electron chi connectivity index (χ2n) is 12.3. The van der Waals surface area contributed by atoms with Crippen LogP contribution in [0.15, 0.2) is 61.6 Å². The number of morpholine rings is 1. The van der Waals surface area contributed by atoms with Crippen molar-refractivity contribution in [3.8, 4) is 39.6 Å². The summed E-state index contributed by atoms with van der Waals surface area (Å²) in [6, 6.07) is 9.49. The Balaban J connectivity index is 1.30. The SMILES string of the molecule is C=CC(=O)Nc1cc(-c2cc3c(cn2)cc(-c2c(Cl)c(OC)cc(OC)c2Cl)c2nccn23)c(OC)cc1N1CCC(C2CNCCO2)CC1. The smallest absolute Gasteiger partial charge is 0.247 e. The molecule has 5 aromatic rings. The Labute approximate surface area is 300 Å². The maximum Gasteiger partial charge on any atom is 0.247 e. The Morgan fingerprint density at radius 2 is 1.74 bits per heavy atom. The van der Waals surface area contributed by atoms with Gasteiger partial charge in [0, 0.05) is 79.0 Å². The molecule has 50 heavy (non-hydrogen) atoms. The standard InChI is InChI=1S/C37H38Cl2N6O5/c1-5-33(46)43-26-15-23(29(47-2)17-28(26)44-10-6-21(7-11-44)32-20-40-9-13-50-32)25-16-27-22(19-42-25)14-24(37-41-8-12-45(27)37)34-35(38)30(48-3)18-31(49-4)36(34)39/h5,8,12,14-19,21,32,40H,1,6-7,9-11,13,20H2,2-4H3,(H,43,46). The highest BCUT2D eigenvalue weighted by Gasteiger charge is 2.30. The number of imidazole rings is 1. The van der Waals surface area contributed by atoms with Gasteiger partial charge in [-0.2, -0.15) is 0 Å². The quantitative estimate of drug-likeness (QED) is 0.158. The molecule has 0 spiro atoms. The zero-order chi connectivity index (χ0) is 34.9. The van der Waals surface area contributed by atoms with Crippen LogP contribution in [0.2, 0.25) is 10.0 Å². The lowest BCUT2D eigenvalue weighted by atomic mass is 9.90. The minimum Gasteiger partial charge on any atom is -0.496 e. The van der Waals surface area contributed by atoms with Crippen LogP contribution in [0.25, 0.3) is 38.9 Å². The number of hydrogen-bond donors (Lipinski definition) is 2. The van der Waals surface area contributed by atoms with Crippen molar-refractivity contribution in [2.45, 2.75) is 18.9 Å². The van der Waals surface area contributed by atoms with E-state index in [1.54, 1.807) is 25.6 Å². The van der Waals surface area contributed by atoms with E-state index in [0.717, 1.165) is 67.8 Å². The number of nitrogens with one attached hydrogen (secondary N) is 2. The fraction of sp³-hybridized carbons (Fsp3) is 0.324. The second-order valence-corrected chi connectivity index (χ2v) is 13.0. The zero-order valence-corrected chi connectivity index (χ0v) is 29.6. The van der Waals surface area contributed by atoms with E-state index in [2.05, 4.69) is 27.1 Å². The Morgan fingerprint density at radius 3 is 2.40 bits per heavy atom. The molecule has 13 heteroatoms. The first kappa shape index (κ1) is 33.9. The molecule has 0 bridgehead atoms. The summed E-state index contributed by atoms with van der Waals surface area (Å²) in [6.07, 6.45) is 8.85. The first-order chi connectivity index (χ1) is 24.3. The number of anilines is 2. The molecule has 11 nitrogen and oxygen atoms in total. The van der Waals surface area contributed by atoms with Crippen molar-refractivity contribution < 1.29 is 23.7 Å². The van der Waals surface area contributed by atoms with Crippen LogP contribution in [0.3, 0.4) is 0 Å². The summed E-state index contributed by atoms with van der Waals surface area (Å²) in [6.45, 7) is 7.85. The number of piperidine rings is 1. The monoisotopic (exact) mass is 716 g/mol. The van der Waals surface area contributed by atoms with Crippen LogP contribution in [0.4, 0.5) is 11.4 Å². The lowest BCUT2D eigenvalue weighted by Gasteiger charge is -2.39. The molecule has 1 atom stereocenters. The first-order valence-corrected chi connectivity index (χ1v) is 17.2. The molecular weight excluding hydrogens is 679 g/mol. The van der Waals surface area contributed by atoms with E-state index >= 15 is 0 Å². The Bertz CT molecular complexity index is 2060. The third-order valence-electron chi connectivity index (χ3n) is 9.60. The lowest BCUT2D eigenvalue weighted by molar-refractivity contribution is -0.111. The third kappa shape index (κ3) is 6.19. The Kier molecular flexibility index (Phi) is 9.74. The summed E-state index contributed by atoms with van der Waals surface area (Å²) in [5, 5.41) is 7.99. The van der Waals surface area contributed by atoms with Crippen LogP contribution in [-0.2, 0) is 9.53 Å². The second kappa shape index (κ2) is 14.4. The summed E-state index contributed by atoms with van der Waals surface area (Å²) in [5.74, 6) is 1.66. The van der Waals surface area contributed by atoms with E-state index in [4.69, 9.17) is 47.1 Å². The molecule has 2 saturated heterocycles. The lowest BCUT2D eigenvalue weighted by Crippen LogP contribution is -2.46. The maximum atomic E-state index is 12.7. The summed E-state index contributed by atoms with van der Waals surface area (Å²) >= 11 is 13.7. The van der Waals surface area contributed by atoms with Crippen LogP contribution in [0.5, 0.6) is 17.2 Å². The van der Waals surface area contributed by atoms with Crippen molar-refractivity contribution in [3.05, 3.63) is 71.6 Å². The fourth-order valence-corrected chi connectivity index (χ4v) is 7.73. The molecule has 3 aromatic heterocycles.